The largest absolute Gasteiger partial charge is 0.410 e. The van der Waals surface area contributed by atoms with Crippen LogP contribution in [-0.4, -0.2) is 73.5 Å². The van der Waals surface area contributed by atoms with Gasteiger partial charge in [-0.15, -0.1) is 0 Å². The number of nitrogens with zero attached hydrogens (tertiary/aromatic N) is 4. The average molecular weight is 561 g/mol. The van der Waals surface area contributed by atoms with Crippen molar-refractivity contribution < 1.29 is 27.3 Å². The molecule has 3 aliphatic rings. The summed E-state index contributed by atoms with van der Waals surface area (Å²) in [5, 5.41) is 26.9. The number of benzene rings is 2. The van der Waals surface area contributed by atoms with Crippen LogP contribution in [0.5, 0.6) is 0 Å². The summed E-state index contributed by atoms with van der Waals surface area (Å²) in [7, 11) is -7.57. The van der Waals surface area contributed by atoms with E-state index in [2.05, 4.69) is 10.3 Å². The van der Waals surface area contributed by atoms with Crippen LogP contribution in [0, 0.1) is 0 Å². The van der Waals surface area contributed by atoms with Gasteiger partial charge in [0.25, 0.3) is 0 Å². The van der Waals surface area contributed by atoms with Gasteiger partial charge in [0.2, 0.25) is 20.0 Å². The molecule has 0 unspecified atom stereocenters. The van der Waals surface area contributed by atoms with E-state index in [1.165, 1.54) is 45.0 Å². The Hall–Kier alpha value is -2.80. The van der Waals surface area contributed by atoms with Crippen LogP contribution in [0.15, 0.2) is 56.5 Å². The summed E-state index contributed by atoms with van der Waals surface area (Å²) in [4.78, 5) is 0.112. The fourth-order valence-electron chi connectivity index (χ4n) is 5.54. The third-order valence-corrected chi connectivity index (χ3v) is 11.4. The minimum atomic E-state index is -3.78. The van der Waals surface area contributed by atoms with Crippen LogP contribution in [0.1, 0.15) is 73.6 Å². The molecule has 0 saturated carbocycles. The molecule has 1 aliphatic carbocycles. The fourth-order valence-corrected chi connectivity index (χ4v) is 8.63. The van der Waals surface area contributed by atoms with Crippen molar-refractivity contribution in [3.63, 3.8) is 0 Å². The second-order valence-corrected chi connectivity index (χ2v) is 13.8. The normalized spacial score (nSPS) is 22.0. The molecule has 5 rings (SSSR count). The molecule has 0 spiro atoms. The van der Waals surface area contributed by atoms with Crippen LogP contribution >= 0.6 is 0 Å². The van der Waals surface area contributed by atoms with Crippen molar-refractivity contribution in [1.82, 2.24) is 8.61 Å². The molecule has 10 nitrogen and oxygen atoms in total. The van der Waals surface area contributed by atoms with Crippen LogP contribution in [0.25, 0.3) is 0 Å². The number of oxime groups is 2. The van der Waals surface area contributed by atoms with Gasteiger partial charge in [-0.2, -0.15) is 8.61 Å². The maximum atomic E-state index is 13.4. The number of sulfonamides is 2. The van der Waals surface area contributed by atoms with Gasteiger partial charge in [0.05, 0.1) is 9.79 Å². The lowest BCUT2D eigenvalue weighted by molar-refractivity contribution is 0.318. The van der Waals surface area contributed by atoms with Crippen LogP contribution in [0.3, 0.4) is 0 Å². The molecule has 2 aromatic carbocycles. The summed E-state index contributed by atoms with van der Waals surface area (Å²) in [5.74, 6) is 0. The van der Waals surface area contributed by atoms with Gasteiger partial charge in [-0.25, -0.2) is 16.8 Å². The Balaban J connectivity index is 1.57. The third-order valence-electron chi connectivity index (χ3n) is 7.61. The van der Waals surface area contributed by atoms with Crippen molar-refractivity contribution >= 4 is 31.5 Å². The van der Waals surface area contributed by atoms with Crippen molar-refractivity contribution in [2.24, 2.45) is 10.3 Å². The van der Waals surface area contributed by atoms with E-state index >= 15 is 0 Å². The third kappa shape index (κ3) is 4.74. The highest BCUT2D eigenvalue weighted by Gasteiger charge is 2.34. The zero-order chi connectivity index (χ0) is 26.9. The minimum Gasteiger partial charge on any atom is -0.410 e. The summed E-state index contributed by atoms with van der Waals surface area (Å²) in [6, 6.07) is 8.78. The second kappa shape index (κ2) is 10.8. The smallest absolute Gasteiger partial charge is 0.243 e. The molecule has 0 aromatic heterocycles. The lowest BCUT2D eigenvalue weighted by Gasteiger charge is -2.25. The molecular weight excluding hydrogens is 528 g/mol. The number of hydrogen-bond donors (Lipinski definition) is 2. The maximum Gasteiger partial charge on any atom is 0.243 e. The molecular formula is C26H32N4O6S2. The molecule has 0 bridgehead atoms. The number of hydrogen-bond acceptors (Lipinski definition) is 8. The zero-order valence-corrected chi connectivity index (χ0v) is 22.7. The van der Waals surface area contributed by atoms with Crippen LogP contribution in [0.4, 0.5) is 0 Å². The Kier molecular flexibility index (Phi) is 7.58. The van der Waals surface area contributed by atoms with E-state index in [1.807, 2.05) is 0 Å². The molecule has 0 atom stereocenters. The second-order valence-electron chi connectivity index (χ2n) is 9.95. The first-order valence-electron chi connectivity index (χ1n) is 13.0. The standard InChI is InChI=1S/C26H32N4O6S2/c31-27-25-22-12-10-20(38(35,36)30-15-7-3-4-8-16-30)18-24(22)26(28-32)21-11-9-19(17-23(21)25)37(33,34)29-13-5-1-2-6-14-29/h9-12,17-18,31-32H,1-8,13-16H2/b27-25+,28-26+. The lowest BCUT2D eigenvalue weighted by Crippen LogP contribution is -2.33. The van der Waals surface area contributed by atoms with Gasteiger partial charge in [-0.1, -0.05) is 48.1 Å². The van der Waals surface area contributed by atoms with Crippen LogP contribution < -0.4 is 0 Å². The van der Waals surface area contributed by atoms with E-state index in [0.717, 1.165) is 51.4 Å². The van der Waals surface area contributed by atoms with E-state index in [9.17, 15) is 27.3 Å². The number of rotatable bonds is 4. The highest BCUT2D eigenvalue weighted by Crippen LogP contribution is 2.33. The summed E-state index contributed by atoms with van der Waals surface area (Å²) in [6.07, 6.45) is 7.13. The first-order valence-corrected chi connectivity index (χ1v) is 15.9. The van der Waals surface area contributed by atoms with Gasteiger partial charge in [0, 0.05) is 48.4 Å². The van der Waals surface area contributed by atoms with Gasteiger partial charge in [0.15, 0.2) is 0 Å². The molecule has 2 heterocycles. The molecule has 204 valence electrons. The molecule has 12 heteroatoms. The Morgan fingerprint density at radius 1 is 0.526 bits per heavy atom. The Morgan fingerprint density at radius 3 is 1.18 bits per heavy atom. The van der Waals surface area contributed by atoms with E-state index in [-0.39, 0.29) is 32.3 Å². The van der Waals surface area contributed by atoms with Crippen LogP contribution in [0.2, 0.25) is 0 Å². The summed E-state index contributed by atoms with van der Waals surface area (Å²) < 4.78 is 56.6. The SMILES string of the molecule is O=S(=O)(c1ccc2c(c1)/C(=N/O)c1ccc(S(=O)(=O)N3CCCCCC3)cc1/C2=N/O)N1CCCCCC1. The molecule has 2 aliphatic heterocycles. The summed E-state index contributed by atoms with van der Waals surface area (Å²) >= 11 is 0. The van der Waals surface area contributed by atoms with E-state index in [4.69, 9.17) is 0 Å². The van der Waals surface area contributed by atoms with Crippen LogP contribution in [-0.2, 0) is 20.0 Å². The van der Waals surface area contributed by atoms with Gasteiger partial charge < -0.3 is 10.4 Å². The van der Waals surface area contributed by atoms with Gasteiger partial charge >= 0.3 is 0 Å². The number of fused-ring (bicyclic) bond motifs is 2. The molecule has 2 N–H and O–H groups in total. The first-order chi connectivity index (χ1) is 18.3. The predicted octanol–water partition coefficient (Wildman–Crippen LogP) is 3.58. The quantitative estimate of drug-likeness (QED) is 0.369. The predicted molar refractivity (Wildman–Crippen MR) is 142 cm³/mol. The zero-order valence-electron chi connectivity index (χ0n) is 21.1. The van der Waals surface area contributed by atoms with E-state index in [0.29, 0.717) is 37.3 Å². The highest BCUT2D eigenvalue weighted by atomic mass is 32.2. The van der Waals surface area contributed by atoms with Gasteiger partial charge in [-0.05, 0) is 49.9 Å². The van der Waals surface area contributed by atoms with Crippen molar-refractivity contribution in [2.75, 3.05) is 26.2 Å². The maximum absolute atomic E-state index is 13.4. The Morgan fingerprint density at radius 2 is 0.868 bits per heavy atom. The van der Waals surface area contributed by atoms with E-state index in [1.54, 1.807) is 0 Å². The van der Waals surface area contributed by atoms with E-state index < -0.39 is 20.0 Å². The lowest BCUT2D eigenvalue weighted by atomic mass is 9.83. The first kappa shape index (κ1) is 26.8. The van der Waals surface area contributed by atoms with Crippen molar-refractivity contribution in [3.05, 3.63) is 58.7 Å². The van der Waals surface area contributed by atoms with Gasteiger partial charge in [0.1, 0.15) is 11.4 Å². The Labute approximate surface area is 223 Å². The van der Waals surface area contributed by atoms with Crippen molar-refractivity contribution in [1.29, 1.82) is 0 Å². The highest BCUT2D eigenvalue weighted by molar-refractivity contribution is 7.89. The monoisotopic (exact) mass is 560 g/mol. The molecule has 38 heavy (non-hydrogen) atoms. The molecule has 2 aromatic rings. The molecule has 2 saturated heterocycles. The molecule has 0 amide bonds. The molecule has 0 radical (unpaired) electrons. The van der Waals surface area contributed by atoms with Crippen molar-refractivity contribution in [3.8, 4) is 0 Å². The topological polar surface area (TPSA) is 140 Å². The fraction of sp³-hybridized carbons (Fsp3) is 0.462. The minimum absolute atomic E-state index is 0.0559. The molecule has 2 fully saturated rings. The Bertz CT molecular complexity index is 1370. The summed E-state index contributed by atoms with van der Waals surface area (Å²) in [5.41, 5.74) is 1.40. The average Bonchev–Trinajstić information content (AvgIpc) is 3.38. The summed E-state index contributed by atoms with van der Waals surface area (Å²) in [6.45, 7) is 1.78. The van der Waals surface area contributed by atoms with Gasteiger partial charge in [-0.3, -0.25) is 0 Å². The van der Waals surface area contributed by atoms with Crippen molar-refractivity contribution in [2.45, 2.75) is 61.2 Å².